The fourth-order valence-corrected chi connectivity index (χ4v) is 3.93. The quantitative estimate of drug-likeness (QED) is 0.746. The first-order valence-corrected chi connectivity index (χ1v) is 10.5. The summed E-state index contributed by atoms with van der Waals surface area (Å²) in [6.07, 6.45) is 4.07. The van der Waals surface area contributed by atoms with Crippen LogP contribution in [0.3, 0.4) is 0 Å². The molecule has 1 aromatic heterocycles. The number of benzene rings is 1. The number of anilines is 1. The van der Waals surface area contributed by atoms with Crippen molar-refractivity contribution in [3.63, 3.8) is 0 Å². The molecule has 29 heavy (non-hydrogen) atoms. The molecule has 0 unspecified atom stereocenters. The van der Waals surface area contributed by atoms with Crippen LogP contribution in [0.4, 0.5) is 5.95 Å². The molecule has 3 heterocycles. The first-order valence-electron chi connectivity index (χ1n) is 10.1. The molecule has 2 saturated heterocycles. The lowest BCUT2D eigenvalue weighted by molar-refractivity contribution is -0.132. The Morgan fingerprint density at radius 1 is 1.07 bits per heavy atom. The van der Waals surface area contributed by atoms with Crippen LogP contribution in [0.25, 0.3) is 0 Å². The molecular weight excluding hydrogens is 390 g/mol. The van der Waals surface area contributed by atoms with Gasteiger partial charge in [0.1, 0.15) is 0 Å². The van der Waals surface area contributed by atoms with E-state index >= 15 is 0 Å². The number of morpholine rings is 1. The van der Waals surface area contributed by atoms with Gasteiger partial charge in [-0.3, -0.25) is 9.69 Å². The van der Waals surface area contributed by atoms with Gasteiger partial charge in [-0.1, -0.05) is 23.7 Å². The first-order chi connectivity index (χ1) is 14.2. The molecule has 2 aliphatic heterocycles. The summed E-state index contributed by atoms with van der Waals surface area (Å²) < 4.78 is 5.91. The third-order valence-electron chi connectivity index (χ3n) is 5.50. The van der Waals surface area contributed by atoms with E-state index in [2.05, 4.69) is 19.8 Å². The van der Waals surface area contributed by atoms with Gasteiger partial charge < -0.3 is 14.5 Å². The van der Waals surface area contributed by atoms with Crippen LogP contribution < -0.4 is 4.90 Å². The van der Waals surface area contributed by atoms with Crippen LogP contribution in [-0.2, 0) is 9.53 Å². The highest BCUT2D eigenvalue weighted by atomic mass is 35.5. The third kappa shape index (κ3) is 5.23. The fraction of sp³-hybridized carbons (Fsp3) is 0.476. The SMILES string of the molecule is O=C(CCN1CCO[C@H](c2ccc(Cl)cc2)C1)N1CCN(c2ncccn2)CC1. The summed E-state index contributed by atoms with van der Waals surface area (Å²) in [5.41, 5.74) is 1.13. The molecule has 0 N–H and O–H groups in total. The lowest BCUT2D eigenvalue weighted by Gasteiger charge is -2.36. The average molecular weight is 416 g/mol. The summed E-state index contributed by atoms with van der Waals surface area (Å²) in [5.74, 6) is 0.953. The summed E-state index contributed by atoms with van der Waals surface area (Å²) in [7, 11) is 0. The minimum Gasteiger partial charge on any atom is -0.371 e. The molecule has 0 aliphatic carbocycles. The van der Waals surface area contributed by atoms with Gasteiger partial charge in [-0.15, -0.1) is 0 Å². The molecule has 1 aromatic carbocycles. The molecular formula is C21H26ClN5O2. The van der Waals surface area contributed by atoms with E-state index in [4.69, 9.17) is 16.3 Å². The number of carbonyl (C=O) groups excluding carboxylic acids is 1. The normalized spacial score (nSPS) is 20.7. The Labute approximate surface area is 176 Å². The molecule has 154 valence electrons. The maximum absolute atomic E-state index is 12.7. The number of carbonyl (C=O) groups is 1. The zero-order valence-electron chi connectivity index (χ0n) is 16.4. The predicted molar refractivity (Wildman–Crippen MR) is 112 cm³/mol. The monoisotopic (exact) mass is 415 g/mol. The van der Waals surface area contributed by atoms with Crippen LogP contribution in [0.2, 0.25) is 5.02 Å². The summed E-state index contributed by atoms with van der Waals surface area (Å²) in [5, 5.41) is 0.728. The van der Waals surface area contributed by atoms with E-state index in [1.165, 1.54) is 0 Å². The zero-order chi connectivity index (χ0) is 20.1. The van der Waals surface area contributed by atoms with Crippen molar-refractivity contribution in [2.45, 2.75) is 12.5 Å². The topological polar surface area (TPSA) is 61.8 Å². The molecule has 8 heteroatoms. The fourth-order valence-electron chi connectivity index (χ4n) is 3.81. The highest BCUT2D eigenvalue weighted by Crippen LogP contribution is 2.24. The second-order valence-corrected chi connectivity index (χ2v) is 7.81. The smallest absolute Gasteiger partial charge is 0.225 e. The van der Waals surface area contributed by atoms with Gasteiger partial charge in [0.25, 0.3) is 0 Å². The zero-order valence-corrected chi connectivity index (χ0v) is 17.2. The molecule has 4 rings (SSSR count). The van der Waals surface area contributed by atoms with E-state index in [1.807, 2.05) is 35.2 Å². The van der Waals surface area contributed by atoms with Gasteiger partial charge in [0, 0.05) is 69.7 Å². The van der Waals surface area contributed by atoms with E-state index in [0.717, 1.165) is 49.3 Å². The molecule has 0 bridgehead atoms. The number of halogens is 1. The second-order valence-electron chi connectivity index (χ2n) is 7.38. The Morgan fingerprint density at radius 3 is 2.52 bits per heavy atom. The number of nitrogens with zero attached hydrogens (tertiary/aromatic N) is 5. The number of amides is 1. The van der Waals surface area contributed by atoms with Crippen molar-refractivity contribution in [1.29, 1.82) is 0 Å². The van der Waals surface area contributed by atoms with Gasteiger partial charge in [0.2, 0.25) is 11.9 Å². The minimum atomic E-state index is 0.0329. The molecule has 2 aliphatic rings. The van der Waals surface area contributed by atoms with Crippen molar-refractivity contribution in [2.75, 3.05) is 57.3 Å². The number of aromatic nitrogens is 2. The van der Waals surface area contributed by atoms with Crippen LogP contribution >= 0.6 is 11.6 Å². The largest absolute Gasteiger partial charge is 0.371 e. The molecule has 0 radical (unpaired) electrons. The van der Waals surface area contributed by atoms with Crippen LogP contribution in [0.1, 0.15) is 18.1 Å². The summed E-state index contributed by atoms with van der Waals surface area (Å²) in [6.45, 7) is 6.06. The summed E-state index contributed by atoms with van der Waals surface area (Å²) in [4.78, 5) is 27.7. The van der Waals surface area contributed by atoms with Crippen LogP contribution in [0.5, 0.6) is 0 Å². The lowest BCUT2D eigenvalue weighted by atomic mass is 10.1. The Morgan fingerprint density at radius 2 is 1.79 bits per heavy atom. The molecule has 1 atom stereocenters. The first kappa shape index (κ1) is 20.1. The minimum absolute atomic E-state index is 0.0329. The van der Waals surface area contributed by atoms with Gasteiger partial charge in [-0.2, -0.15) is 0 Å². The van der Waals surface area contributed by atoms with E-state index in [0.29, 0.717) is 26.1 Å². The van der Waals surface area contributed by atoms with Crippen molar-refractivity contribution in [3.8, 4) is 0 Å². The molecule has 0 saturated carbocycles. The molecule has 0 spiro atoms. The van der Waals surface area contributed by atoms with Crippen molar-refractivity contribution < 1.29 is 9.53 Å². The number of hydrogen-bond acceptors (Lipinski definition) is 6. The number of hydrogen-bond donors (Lipinski definition) is 0. The predicted octanol–water partition coefficient (Wildman–Crippen LogP) is 2.24. The van der Waals surface area contributed by atoms with Gasteiger partial charge in [-0.25, -0.2) is 9.97 Å². The summed E-state index contributed by atoms with van der Waals surface area (Å²) in [6, 6.07) is 9.62. The Hall–Kier alpha value is -2.22. The maximum atomic E-state index is 12.7. The third-order valence-corrected chi connectivity index (χ3v) is 5.75. The van der Waals surface area contributed by atoms with Crippen LogP contribution in [0, 0.1) is 0 Å². The Balaban J connectivity index is 1.23. The van der Waals surface area contributed by atoms with Gasteiger partial charge in [-0.05, 0) is 23.8 Å². The Bertz CT molecular complexity index is 796. The second kappa shape index (κ2) is 9.52. The standard InChI is InChI=1S/C21H26ClN5O2/c22-18-4-2-17(3-5-18)19-16-25(14-15-29-19)9-6-20(28)26-10-12-27(13-11-26)21-23-7-1-8-24-21/h1-5,7-8,19H,6,9-16H2/t19-/m0/s1. The molecule has 2 aromatic rings. The van der Waals surface area contributed by atoms with Crippen molar-refractivity contribution in [1.82, 2.24) is 19.8 Å². The van der Waals surface area contributed by atoms with Gasteiger partial charge in [0.05, 0.1) is 12.7 Å². The number of rotatable bonds is 5. The highest BCUT2D eigenvalue weighted by Gasteiger charge is 2.25. The molecule has 7 nitrogen and oxygen atoms in total. The Kier molecular flexibility index (Phi) is 6.59. The lowest BCUT2D eigenvalue weighted by Crippen LogP contribution is -2.50. The van der Waals surface area contributed by atoms with E-state index in [-0.39, 0.29) is 12.0 Å². The highest BCUT2D eigenvalue weighted by molar-refractivity contribution is 6.30. The number of ether oxygens (including phenoxy) is 1. The number of piperazine rings is 1. The van der Waals surface area contributed by atoms with E-state index in [9.17, 15) is 4.79 Å². The van der Waals surface area contributed by atoms with Gasteiger partial charge >= 0.3 is 0 Å². The maximum Gasteiger partial charge on any atom is 0.225 e. The summed E-state index contributed by atoms with van der Waals surface area (Å²) >= 11 is 5.98. The van der Waals surface area contributed by atoms with Crippen LogP contribution in [-0.4, -0.2) is 78.1 Å². The average Bonchev–Trinajstić information content (AvgIpc) is 2.79. The van der Waals surface area contributed by atoms with Crippen molar-refractivity contribution >= 4 is 23.5 Å². The van der Waals surface area contributed by atoms with E-state index < -0.39 is 0 Å². The van der Waals surface area contributed by atoms with Gasteiger partial charge in [0.15, 0.2) is 0 Å². The van der Waals surface area contributed by atoms with E-state index in [1.54, 1.807) is 12.4 Å². The molecule has 2 fully saturated rings. The van der Waals surface area contributed by atoms with Crippen molar-refractivity contribution in [3.05, 3.63) is 53.3 Å². The molecule has 1 amide bonds. The van der Waals surface area contributed by atoms with Crippen molar-refractivity contribution in [2.24, 2.45) is 0 Å². The van der Waals surface area contributed by atoms with Crippen LogP contribution in [0.15, 0.2) is 42.7 Å².